The van der Waals surface area contributed by atoms with E-state index < -0.39 is 5.72 Å². The van der Waals surface area contributed by atoms with Gasteiger partial charge in [-0.05, 0) is 48.9 Å². The Bertz CT molecular complexity index is 1040. The monoisotopic (exact) mass is 328 g/mol. The first-order valence-electron chi connectivity index (χ1n) is 8.72. The first-order valence-corrected chi connectivity index (χ1v) is 8.72. The molecular weight excluding hydrogens is 308 g/mol. The van der Waals surface area contributed by atoms with Crippen LogP contribution in [0.5, 0.6) is 5.75 Å². The second kappa shape index (κ2) is 4.85. The minimum atomic E-state index is -0.573. The maximum Gasteiger partial charge on any atom is 0.224 e. The van der Waals surface area contributed by atoms with Crippen LogP contribution in [-0.4, -0.2) is 11.4 Å². The van der Waals surface area contributed by atoms with Gasteiger partial charge < -0.3 is 10.1 Å². The normalized spacial score (nSPS) is 20.7. The molecule has 1 N–H and O–H groups in total. The molecule has 0 aromatic heterocycles. The van der Waals surface area contributed by atoms with Gasteiger partial charge in [0.15, 0.2) is 5.75 Å². The predicted octanol–water partition coefficient (Wildman–Crippen LogP) is 5.31. The highest BCUT2D eigenvalue weighted by atomic mass is 16.5. The molecule has 5 rings (SSSR count). The number of para-hydroxylation sites is 1. The molecule has 0 bridgehead atoms. The molecule has 25 heavy (non-hydrogen) atoms. The Balaban J connectivity index is 1.73. The Kier molecular flexibility index (Phi) is 2.82. The Hall–Kier alpha value is -2.81. The van der Waals surface area contributed by atoms with Crippen LogP contribution >= 0.6 is 0 Å². The van der Waals surface area contributed by atoms with Crippen molar-refractivity contribution in [3.8, 4) is 5.75 Å². The largest absolute Gasteiger partial charge is 0.460 e. The first-order chi connectivity index (χ1) is 12.1. The Morgan fingerprint density at radius 2 is 1.64 bits per heavy atom. The van der Waals surface area contributed by atoms with Crippen molar-refractivity contribution in [1.82, 2.24) is 0 Å². The zero-order valence-corrected chi connectivity index (χ0v) is 14.7. The van der Waals surface area contributed by atoms with E-state index in [2.05, 4.69) is 74.6 Å². The number of fused-ring (bicyclic) bond motifs is 4. The lowest BCUT2D eigenvalue weighted by Gasteiger charge is -2.36. The molecule has 2 aliphatic rings. The molecule has 124 valence electrons. The van der Waals surface area contributed by atoms with Crippen molar-refractivity contribution in [1.29, 1.82) is 0 Å². The summed E-state index contributed by atoms with van der Waals surface area (Å²) in [6.07, 6.45) is 0.795. The third kappa shape index (κ3) is 1.89. The van der Waals surface area contributed by atoms with E-state index in [0.717, 1.165) is 34.6 Å². The Labute approximate surface area is 147 Å². The number of nitrogens with zero attached hydrogens (tertiary/aromatic N) is 1. The van der Waals surface area contributed by atoms with Crippen molar-refractivity contribution in [3.63, 3.8) is 0 Å². The maximum absolute atomic E-state index is 6.65. The molecule has 0 saturated carbocycles. The van der Waals surface area contributed by atoms with E-state index in [9.17, 15) is 0 Å². The SMILES string of the molecule is CC1=Nc2c(c(C)c(C)c3ccccc23)OC12Cc1ccccc1N2. The van der Waals surface area contributed by atoms with E-state index in [1.54, 1.807) is 0 Å². The predicted molar refractivity (Wildman–Crippen MR) is 103 cm³/mol. The van der Waals surface area contributed by atoms with Gasteiger partial charge in [-0.3, -0.25) is 0 Å². The van der Waals surface area contributed by atoms with Crippen LogP contribution in [0.15, 0.2) is 53.5 Å². The van der Waals surface area contributed by atoms with Crippen molar-refractivity contribution in [2.24, 2.45) is 4.99 Å². The van der Waals surface area contributed by atoms with Gasteiger partial charge >= 0.3 is 0 Å². The lowest BCUT2D eigenvalue weighted by molar-refractivity contribution is 0.173. The fraction of sp³-hybridized carbons (Fsp3) is 0.227. The second-order valence-corrected chi connectivity index (χ2v) is 7.06. The van der Waals surface area contributed by atoms with E-state index in [4.69, 9.17) is 9.73 Å². The summed E-state index contributed by atoms with van der Waals surface area (Å²) in [6, 6.07) is 16.8. The molecule has 2 aliphatic heterocycles. The van der Waals surface area contributed by atoms with E-state index in [-0.39, 0.29) is 0 Å². The zero-order valence-electron chi connectivity index (χ0n) is 14.7. The summed E-state index contributed by atoms with van der Waals surface area (Å²) in [5, 5.41) is 5.99. The lowest BCUT2D eigenvalue weighted by atomic mass is 9.95. The fourth-order valence-electron chi connectivity index (χ4n) is 4.04. The molecule has 1 atom stereocenters. The van der Waals surface area contributed by atoms with Gasteiger partial charge in [-0.2, -0.15) is 0 Å². The van der Waals surface area contributed by atoms with Crippen LogP contribution < -0.4 is 10.1 Å². The van der Waals surface area contributed by atoms with Gasteiger partial charge in [-0.1, -0.05) is 42.5 Å². The standard InChI is InChI=1S/C22H20N2O/c1-13-14(2)21-20(18-10-6-5-9-17(13)18)23-15(3)22(25-21)12-16-8-4-7-11-19(16)24-22/h4-11,24H,12H2,1-3H3. The molecule has 3 aromatic rings. The van der Waals surface area contributed by atoms with E-state index in [0.29, 0.717) is 0 Å². The van der Waals surface area contributed by atoms with E-state index in [1.165, 1.54) is 22.1 Å². The summed E-state index contributed by atoms with van der Waals surface area (Å²) in [7, 11) is 0. The molecule has 3 heteroatoms. The lowest BCUT2D eigenvalue weighted by Crippen LogP contribution is -2.50. The number of ether oxygens (including phenoxy) is 1. The highest BCUT2D eigenvalue weighted by Gasteiger charge is 2.45. The van der Waals surface area contributed by atoms with Gasteiger partial charge in [-0.25, -0.2) is 4.99 Å². The molecule has 0 fully saturated rings. The second-order valence-electron chi connectivity index (χ2n) is 7.06. The van der Waals surface area contributed by atoms with Gasteiger partial charge in [0.05, 0.1) is 5.71 Å². The fourth-order valence-corrected chi connectivity index (χ4v) is 4.04. The number of aliphatic imine (C=N–C) groups is 1. The summed E-state index contributed by atoms with van der Waals surface area (Å²) in [5.74, 6) is 0.905. The summed E-state index contributed by atoms with van der Waals surface area (Å²) in [6.45, 7) is 6.36. The third-order valence-corrected chi connectivity index (χ3v) is 5.64. The van der Waals surface area contributed by atoms with Crippen LogP contribution in [0.1, 0.15) is 23.6 Å². The number of rotatable bonds is 0. The Morgan fingerprint density at radius 1 is 0.920 bits per heavy atom. The molecule has 0 aliphatic carbocycles. The number of nitrogens with one attached hydrogen (secondary N) is 1. The number of anilines is 1. The quantitative estimate of drug-likeness (QED) is 0.607. The topological polar surface area (TPSA) is 33.6 Å². The van der Waals surface area contributed by atoms with Crippen molar-refractivity contribution in [2.45, 2.75) is 32.9 Å². The van der Waals surface area contributed by atoms with Crippen LogP contribution in [0, 0.1) is 13.8 Å². The van der Waals surface area contributed by atoms with Crippen LogP contribution in [0.2, 0.25) is 0 Å². The molecule has 0 amide bonds. The van der Waals surface area contributed by atoms with Crippen LogP contribution in [0.25, 0.3) is 10.8 Å². The number of hydrogen-bond donors (Lipinski definition) is 1. The number of aryl methyl sites for hydroxylation is 1. The molecular formula is C22H20N2O. The molecule has 1 unspecified atom stereocenters. The summed E-state index contributed by atoms with van der Waals surface area (Å²) >= 11 is 0. The first kappa shape index (κ1) is 14.5. The van der Waals surface area contributed by atoms with Gasteiger partial charge in [0, 0.05) is 17.5 Å². The average Bonchev–Trinajstić information content (AvgIpc) is 3.00. The number of hydrogen-bond acceptors (Lipinski definition) is 3. The van der Waals surface area contributed by atoms with Crippen LogP contribution in [0.3, 0.4) is 0 Å². The molecule has 0 saturated heterocycles. The molecule has 0 radical (unpaired) electrons. The van der Waals surface area contributed by atoms with Crippen molar-refractivity contribution < 1.29 is 4.74 Å². The minimum Gasteiger partial charge on any atom is -0.460 e. The van der Waals surface area contributed by atoms with Crippen molar-refractivity contribution >= 4 is 27.9 Å². The van der Waals surface area contributed by atoms with Crippen molar-refractivity contribution in [2.75, 3.05) is 5.32 Å². The van der Waals surface area contributed by atoms with Crippen molar-refractivity contribution in [3.05, 3.63) is 65.2 Å². The van der Waals surface area contributed by atoms with Crippen LogP contribution in [0.4, 0.5) is 11.4 Å². The van der Waals surface area contributed by atoms with Gasteiger partial charge in [0.2, 0.25) is 5.72 Å². The Morgan fingerprint density at radius 3 is 2.44 bits per heavy atom. The molecule has 1 spiro atoms. The molecule has 3 nitrogen and oxygen atoms in total. The third-order valence-electron chi connectivity index (χ3n) is 5.64. The number of benzene rings is 3. The minimum absolute atomic E-state index is 0.573. The smallest absolute Gasteiger partial charge is 0.224 e. The van der Waals surface area contributed by atoms with Gasteiger partial charge in [-0.15, -0.1) is 0 Å². The highest BCUT2D eigenvalue weighted by molar-refractivity contribution is 6.06. The van der Waals surface area contributed by atoms with E-state index >= 15 is 0 Å². The average molecular weight is 328 g/mol. The molecule has 2 heterocycles. The zero-order chi connectivity index (χ0) is 17.2. The summed E-state index contributed by atoms with van der Waals surface area (Å²) < 4.78 is 6.65. The van der Waals surface area contributed by atoms with Gasteiger partial charge in [0.25, 0.3) is 0 Å². The van der Waals surface area contributed by atoms with Gasteiger partial charge in [0.1, 0.15) is 5.69 Å². The van der Waals surface area contributed by atoms with E-state index in [1.807, 2.05) is 0 Å². The summed E-state index contributed by atoms with van der Waals surface area (Å²) in [5.41, 5.74) is 6.20. The molecule has 3 aromatic carbocycles. The van der Waals surface area contributed by atoms with Crippen LogP contribution in [-0.2, 0) is 6.42 Å². The summed E-state index contributed by atoms with van der Waals surface area (Å²) in [4.78, 5) is 5.02. The maximum atomic E-state index is 6.65. The highest BCUT2D eigenvalue weighted by Crippen LogP contribution is 2.48.